The normalized spacial score (nSPS) is 22.2. The first-order valence-electron chi connectivity index (χ1n) is 6.65. The highest BCUT2D eigenvalue weighted by Crippen LogP contribution is 2.30. The van der Waals surface area contributed by atoms with Crippen LogP contribution in [-0.4, -0.2) is 22.1 Å². The first kappa shape index (κ1) is 14.3. The standard InChI is InChI=1S/C14H17NO5/c1-9-2-5-11(6-3-9)20-13-7-4-10(15(18)19)8-12(13)14(16)17/h4,7-9,11H,2-3,5-6H2,1H3,(H,16,17). The number of nitro groups is 1. The van der Waals surface area contributed by atoms with E-state index in [4.69, 9.17) is 9.84 Å². The fraction of sp³-hybridized carbons (Fsp3) is 0.500. The van der Waals surface area contributed by atoms with Gasteiger partial charge in [-0.15, -0.1) is 0 Å². The van der Waals surface area contributed by atoms with Crippen LogP contribution in [0.25, 0.3) is 0 Å². The van der Waals surface area contributed by atoms with Crippen molar-refractivity contribution in [3.05, 3.63) is 33.9 Å². The lowest BCUT2D eigenvalue weighted by atomic mass is 9.89. The lowest BCUT2D eigenvalue weighted by molar-refractivity contribution is -0.384. The second-order valence-corrected chi connectivity index (χ2v) is 5.24. The molecule has 1 aromatic rings. The molecule has 0 heterocycles. The number of benzene rings is 1. The van der Waals surface area contributed by atoms with E-state index in [0.717, 1.165) is 31.7 Å². The fourth-order valence-corrected chi connectivity index (χ4v) is 2.43. The molecular weight excluding hydrogens is 262 g/mol. The topological polar surface area (TPSA) is 89.7 Å². The Bertz CT molecular complexity index is 520. The molecule has 0 saturated heterocycles. The second-order valence-electron chi connectivity index (χ2n) is 5.24. The molecule has 6 nitrogen and oxygen atoms in total. The van der Waals surface area contributed by atoms with E-state index in [1.165, 1.54) is 12.1 Å². The molecule has 1 N–H and O–H groups in total. The minimum Gasteiger partial charge on any atom is -0.490 e. The maximum atomic E-state index is 11.2. The average molecular weight is 279 g/mol. The Kier molecular flexibility index (Phi) is 4.22. The third-order valence-electron chi connectivity index (χ3n) is 3.66. The molecule has 1 saturated carbocycles. The van der Waals surface area contributed by atoms with E-state index in [-0.39, 0.29) is 23.1 Å². The Balaban J connectivity index is 2.18. The summed E-state index contributed by atoms with van der Waals surface area (Å²) in [6.07, 6.45) is 3.87. The molecule has 20 heavy (non-hydrogen) atoms. The lowest BCUT2D eigenvalue weighted by Gasteiger charge is -2.27. The van der Waals surface area contributed by atoms with Gasteiger partial charge >= 0.3 is 5.97 Å². The van der Waals surface area contributed by atoms with E-state index in [1.54, 1.807) is 0 Å². The van der Waals surface area contributed by atoms with Crippen molar-refractivity contribution in [3.63, 3.8) is 0 Å². The van der Waals surface area contributed by atoms with Crippen molar-refractivity contribution < 1.29 is 19.6 Å². The summed E-state index contributed by atoms with van der Waals surface area (Å²) in [6, 6.07) is 3.69. The highest BCUT2D eigenvalue weighted by atomic mass is 16.6. The maximum Gasteiger partial charge on any atom is 0.339 e. The number of aromatic carboxylic acids is 1. The Morgan fingerprint density at radius 2 is 2.00 bits per heavy atom. The fourth-order valence-electron chi connectivity index (χ4n) is 2.43. The second kappa shape index (κ2) is 5.90. The van der Waals surface area contributed by atoms with Crippen LogP contribution in [0.1, 0.15) is 43.0 Å². The summed E-state index contributed by atoms with van der Waals surface area (Å²) in [5.74, 6) is -0.332. The Morgan fingerprint density at radius 1 is 1.35 bits per heavy atom. The van der Waals surface area contributed by atoms with Crippen molar-refractivity contribution in [2.45, 2.75) is 38.7 Å². The van der Waals surface area contributed by atoms with Gasteiger partial charge in [0.1, 0.15) is 11.3 Å². The molecule has 0 aliphatic heterocycles. The summed E-state index contributed by atoms with van der Waals surface area (Å²) >= 11 is 0. The molecule has 0 amide bonds. The van der Waals surface area contributed by atoms with E-state index >= 15 is 0 Å². The van der Waals surface area contributed by atoms with Crippen LogP contribution in [0.2, 0.25) is 0 Å². The van der Waals surface area contributed by atoms with Crippen LogP contribution >= 0.6 is 0 Å². The third kappa shape index (κ3) is 3.26. The van der Waals surface area contributed by atoms with Crippen LogP contribution < -0.4 is 4.74 Å². The average Bonchev–Trinajstić information content (AvgIpc) is 2.41. The van der Waals surface area contributed by atoms with E-state index < -0.39 is 10.9 Å². The third-order valence-corrected chi connectivity index (χ3v) is 3.66. The monoisotopic (exact) mass is 279 g/mol. The minimum absolute atomic E-state index is 0.00856. The number of carbonyl (C=O) groups is 1. The summed E-state index contributed by atoms with van der Waals surface area (Å²) in [5, 5.41) is 19.8. The van der Waals surface area contributed by atoms with E-state index in [0.29, 0.717) is 5.92 Å². The van der Waals surface area contributed by atoms with Crippen molar-refractivity contribution in [1.82, 2.24) is 0 Å². The molecule has 0 atom stereocenters. The molecule has 0 aromatic heterocycles. The van der Waals surface area contributed by atoms with E-state index in [9.17, 15) is 14.9 Å². The molecule has 0 radical (unpaired) electrons. The molecule has 108 valence electrons. The molecule has 1 aliphatic carbocycles. The van der Waals surface area contributed by atoms with Gasteiger partial charge in [-0.1, -0.05) is 6.92 Å². The number of hydrogen-bond acceptors (Lipinski definition) is 4. The van der Waals surface area contributed by atoms with Crippen molar-refractivity contribution >= 4 is 11.7 Å². The zero-order valence-electron chi connectivity index (χ0n) is 11.2. The van der Waals surface area contributed by atoms with Crippen molar-refractivity contribution in [2.24, 2.45) is 5.92 Å². The molecule has 6 heteroatoms. The van der Waals surface area contributed by atoms with Gasteiger partial charge < -0.3 is 9.84 Å². The van der Waals surface area contributed by atoms with Gasteiger partial charge in [0.2, 0.25) is 0 Å². The van der Waals surface area contributed by atoms with Crippen LogP contribution in [0.4, 0.5) is 5.69 Å². The summed E-state index contributed by atoms with van der Waals surface area (Å²) in [6.45, 7) is 2.19. The van der Waals surface area contributed by atoms with E-state index in [1.807, 2.05) is 0 Å². The highest BCUT2D eigenvalue weighted by Gasteiger charge is 2.23. The zero-order chi connectivity index (χ0) is 14.7. The maximum absolute atomic E-state index is 11.2. The molecule has 0 spiro atoms. The highest BCUT2D eigenvalue weighted by molar-refractivity contribution is 5.91. The zero-order valence-corrected chi connectivity index (χ0v) is 11.2. The summed E-state index contributed by atoms with van der Waals surface area (Å²) in [4.78, 5) is 21.3. The SMILES string of the molecule is CC1CCC(Oc2ccc([N+](=O)[O-])cc2C(=O)O)CC1. The predicted octanol–water partition coefficient (Wildman–Crippen LogP) is 3.25. The Hall–Kier alpha value is -2.11. The van der Waals surface area contributed by atoms with Gasteiger partial charge in [0.05, 0.1) is 11.0 Å². The van der Waals surface area contributed by atoms with Crippen molar-refractivity contribution in [1.29, 1.82) is 0 Å². The van der Waals surface area contributed by atoms with Crippen LogP contribution in [0.3, 0.4) is 0 Å². The lowest BCUT2D eigenvalue weighted by Crippen LogP contribution is -2.23. The number of carboxylic acid groups (broad SMARTS) is 1. The van der Waals surface area contributed by atoms with Crippen molar-refractivity contribution in [3.8, 4) is 5.75 Å². The van der Waals surface area contributed by atoms with Gasteiger partial charge in [-0.2, -0.15) is 0 Å². The van der Waals surface area contributed by atoms with Crippen LogP contribution in [-0.2, 0) is 0 Å². The van der Waals surface area contributed by atoms with Crippen molar-refractivity contribution in [2.75, 3.05) is 0 Å². The number of hydrogen-bond donors (Lipinski definition) is 1. The van der Waals surface area contributed by atoms with Gasteiger partial charge in [-0.05, 0) is 37.7 Å². The largest absolute Gasteiger partial charge is 0.490 e. The minimum atomic E-state index is -1.21. The molecule has 0 bridgehead atoms. The molecule has 2 rings (SSSR count). The van der Waals surface area contributed by atoms with Gasteiger partial charge in [-0.3, -0.25) is 10.1 Å². The van der Waals surface area contributed by atoms with Crippen LogP contribution in [0, 0.1) is 16.0 Å². The molecule has 1 aliphatic rings. The predicted molar refractivity (Wildman–Crippen MR) is 72.1 cm³/mol. The molecular formula is C14H17NO5. The van der Waals surface area contributed by atoms with Crippen LogP contribution in [0.15, 0.2) is 18.2 Å². The van der Waals surface area contributed by atoms with Gasteiger partial charge in [0.15, 0.2) is 0 Å². The van der Waals surface area contributed by atoms with Gasteiger partial charge in [0.25, 0.3) is 5.69 Å². The molecule has 1 fully saturated rings. The number of rotatable bonds is 4. The Labute approximate surface area is 116 Å². The first-order valence-corrected chi connectivity index (χ1v) is 6.65. The van der Waals surface area contributed by atoms with Gasteiger partial charge in [-0.25, -0.2) is 4.79 Å². The summed E-state index contributed by atoms with van der Waals surface area (Å²) in [5.41, 5.74) is -0.398. The number of carboxylic acids is 1. The van der Waals surface area contributed by atoms with Crippen LogP contribution in [0.5, 0.6) is 5.75 Å². The molecule has 1 aromatic carbocycles. The summed E-state index contributed by atoms with van der Waals surface area (Å²) < 4.78 is 5.73. The number of ether oxygens (including phenoxy) is 1. The number of nitro benzene ring substituents is 1. The molecule has 0 unspecified atom stereocenters. The number of nitrogens with zero attached hydrogens (tertiary/aromatic N) is 1. The first-order chi connectivity index (χ1) is 9.47. The van der Waals surface area contributed by atoms with Gasteiger partial charge in [0, 0.05) is 12.1 Å². The quantitative estimate of drug-likeness (QED) is 0.675. The number of non-ortho nitro benzene ring substituents is 1. The Morgan fingerprint density at radius 3 is 2.55 bits per heavy atom. The smallest absolute Gasteiger partial charge is 0.339 e. The van der Waals surface area contributed by atoms with E-state index in [2.05, 4.69) is 6.92 Å². The summed E-state index contributed by atoms with van der Waals surface area (Å²) in [7, 11) is 0.